The molecule has 1 heterocycles. The van der Waals surface area contributed by atoms with Crippen molar-refractivity contribution in [2.45, 2.75) is 39.5 Å². The van der Waals surface area contributed by atoms with E-state index in [9.17, 15) is 0 Å². The predicted molar refractivity (Wildman–Crippen MR) is 44.9 cm³/mol. The first kappa shape index (κ1) is 6.96. The SMILES string of the molecule is Cc1oc(C)c(C2CC2)c1C. The highest BCUT2D eigenvalue weighted by Crippen LogP contribution is 2.44. The maximum atomic E-state index is 5.55. The fraction of sp³-hybridized carbons (Fsp3) is 0.600. The van der Waals surface area contributed by atoms with E-state index in [0.29, 0.717) is 0 Å². The zero-order valence-corrected chi connectivity index (χ0v) is 7.40. The topological polar surface area (TPSA) is 13.1 Å². The van der Waals surface area contributed by atoms with Gasteiger partial charge in [-0.3, -0.25) is 0 Å². The Kier molecular flexibility index (Phi) is 1.35. The minimum Gasteiger partial charge on any atom is -0.466 e. The maximum Gasteiger partial charge on any atom is 0.104 e. The number of furan rings is 1. The van der Waals surface area contributed by atoms with Gasteiger partial charge in [0.05, 0.1) is 0 Å². The molecular formula is C10H14O. The molecule has 1 heteroatoms. The summed E-state index contributed by atoms with van der Waals surface area (Å²) >= 11 is 0. The summed E-state index contributed by atoms with van der Waals surface area (Å²) in [5.41, 5.74) is 2.87. The predicted octanol–water partition coefficient (Wildman–Crippen LogP) is 3.08. The second-order valence-corrected chi connectivity index (χ2v) is 3.53. The van der Waals surface area contributed by atoms with Gasteiger partial charge in [0.25, 0.3) is 0 Å². The van der Waals surface area contributed by atoms with Crippen LogP contribution in [-0.4, -0.2) is 0 Å². The molecule has 2 rings (SSSR count). The third-order valence-corrected chi connectivity index (χ3v) is 2.60. The van der Waals surface area contributed by atoms with Gasteiger partial charge in [-0.15, -0.1) is 0 Å². The molecule has 0 saturated heterocycles. The van der Waals surface area contributed by atoms with Crippen molar-refractivity contribution in [2.75, 3.05) is 0 Å². The lowest BCUT2D eigenvalue weighted by Gasteiger charge is -1.94. The molecule has 1 nitrogen and oxygen atoms in total. The molecule has 1 aromatic rings. The molecule has 0 bridgehead atoms. The largest absolute Gasteiger partial charge is 0.466 e. The Morgan fingerprint density at radius 3 is 2.09 bits per heavy atom. The number of aryl methyl sites for hydroxylation is 2. The van der Waals surface area contributed by atoms with Crippen LogP contribution in [0.5, 0.6) is 0 Å². The van der Waals surface area contributed by atoms with Gasteiger partial charge in [0.2, 0.25) is 0 Å². The van der Waals surface area contributed by atoms with Crippen molar-refractivity contribution >= 4 is 0 Å². The minimum atomic E-state index is 0.826. The van der Waals surface area contributed by atoms with Crippen molar-refractivity contribution in [1.82, 2.24) is 0 Å². The minimum absolute atomic E-state index is 0.826. The summed E-state index contributed by atoms with van der Waals surface area (Å²) in [6, 6.07) is 0. The molecule has 0 amide bonds. The van der Waals surface area contributed by atoms with Gasteiger partial charge in [0.15, 0.2) is 0 Å². The fourth-order valence-electron chi connectivity index (χ4n) is 1.78. The Bertz CT molecular complexity index is 279. The van der Waals surface area contributed by atoms with Crippen molar-refractivity contribution in [2.24, 2.45) is 0 Å². The van der Waals surface area contributed by atoms with Crippen LogP contribution in [0.1, 0.15) is 41.4 Å². The Balaban J connectivity index is 2.50. The first-order valence-corrected chi connectivity index (χ1v) is 4.26. The highest BCUT2D eigenvalue weighted by atomic mass is 16.3. The summed E-state index contributed by atoms with van der Waals surface area (Å²) in [6.45, 7) is 6.29. The zero-order valence-electron chi connectivity index (χ0n) is 7.40. The molecule has 1 aromatic heterocycles. The van der Waals surface area contributed by atoms with Crippen LogP contribution in [0.2, 0.25) is 0 Å². The van der Waals surface area contributed by atoms with Gasteiger partial charge < -0.3 is 4.42 Å². The lowest BCUT2D eigenvalue weighted by molar-refractivity contribution is 0.500. The average molecular weight is 150 g/mol. The van der Waals surface area contributed by atoms with Crippen molar-refractivity contribution in [3.8, 4) is 0 Å². The molecule has 1 aliphatic rings. The zero-order chi connectivity index (χ0) is 8.01. The summed E-state index contributed by atoms with van der Waals surface area (Å²) in [5.74, 6) is 3.07. The van der Waals surface area contributed by atoms with Crippen LogP contribution in [0, 0.1) is 20.8 Å². The van der Waals surface area contributed by atoms with E-state index in [-0.39, 0.29) is 0 Å². The molecule has 11 heavy (non-hydrogen) atoms. The van der Waals surface area contributed by atoms with Gasteiger partial charge in [-0.25, -0.2) is 0 Å². The van der Waals surface area contributed by atoms with Crippen LogP contribution in [-0.2, 0) is 0 Å². The summed E-state index contributed by atoms with van der Waals surface area (Å²) in [5, 5.41) is 0. The molecule has 0 unspecified atom stereocenters. The van der Waals surface area contributed by atoms with Crippen LogP contribution < -0.4 is 0 Å². The summed E-state index contributed by atoms with van der Waals surface area (Å²) in [4.78, 5) is 0. The second kappa shape index (κ2) is 2.13. The van der Waals surface area contributed by atoms with Crippen LogP contribution in [0.25, 0.3) is 0 Å². The Morgan fingerprint density at radius 2 is 1.73 bits per heavy atom. The van der Waals surface area contributed by atoms with Gasteiger partial charge in [0.1, 0.15) is 11.5 Å². The van der Waals surface area contributed by atoms with Crippen LogP contribution in [0.3, 0.4) is 0 Å². The highest BCUT2D eigenvalue weighted by Gasteiger charge is 2.29. The molecule has 0 aromatic carbocycles. The molecule has 0 radical (unpaired) electrons. The monoisotopic (exact) mass is 150 g/mol. The third kappa shape index (κ3) is 0.991. The van der Waals surface area contributed by atoms with E-state index in [0.717, 1.165) is 17.4 Å². The molecule has 0 aliphatic heterocycles. The van der Waals surface area contributed by atoms with Crippen LogP contribution >= 0.6 is 0 Å². The quantitative estimate of drug-likeness (QED) is 0.599. The summed E-state index contributed by atoms with van der Waals surface area (Å²) in [7, 11) is 0. The smallest absolute Gasteiger partial charge is 0.104 e. The number of hydrogen-bond donors (Lipinski definition) is 0. The molecule has 1 saturated carbocycles. The summed E-state index contributed by atoms with van der Waals surface area (Å²) < 4.78 is 5.55. The van der Waals surface area contributed by atoms with E-state index in [1.807, 2.05) is 6.92 Å². The molecular weight excluding hydrogens is 136 g/mol. The van der Waals surface area contributed by atoms with E-state index in [2.05, 4.69) is 13.8 Å². The third-order valence-electron chi connectivity index (χ3n) is 2.60. The van der Waals surface area contributed by atoms with Gasteiger partial charge in [-0.2, -0.15) is 0 Å². The highest BCUT2D eigenvalue weighted by molar-refractivity contribution is 5.36. The Hall–Kier alpha value is -0.720. The van der Waals surface area contributed by atoms with E-state index in [4.69, 9.17) is 4.42 Å². The van der Waals surface area contributed by atoms with Gasteiger partial charge in [0, 0.05) is 0 Å². The maximum absolute atomic E-state index is 5.55. The van der Waals surface area contributed by atoms with Gasteiger partial charge >= 0.3 is 0 Å². The van der Waals surface area contributed by atoms with Gasteiger partial charge in [-0.05, 0) is 50.7 Å². The Morgan fingerprint density at radius 1 is 1.09 bits per heavy atom. The molecule has 1 fully saturated rings. The van der Waals surface area contributed by atoms with Crippen molar-refractivity contribution in [3.63, 3.8) is 0 Å². The first-order chi connectivity index (χ1) is 5.20. The van der Waals surface area contributed by atoms with Crippen molar-refractivity contribution in [1.29, 1.82) is 0 Å². The van der Waals surface area contributed by atoms with Crippen molar-refractivity contribution in [3.05, 3.63) is 22.6 Å². The average Bonchev–Trinajstić information content (AvgIpc) is 2.68. The Labute approximate surface area is 67.4 Å². The van der Waals surface area contributed by atoms with E-state index >= 15 is 0 Å². The van der Waals surface area contributed by atoms with Crippen molar-refractivity contribution < 1.29 is 4.42 Å². The van der Waals surface area contributed by atoms with E-state index in [1.54, 1.807) is 0 Å². The lowest BCUT2D eigenvalue weighted by Crippen LogP contribution is -1.82. The normalized spacial score (nSPS) is 17.4. The van der Waals surface area contributed by atoms with Crippen LogP contribution in [0.15, 0.2) is 4.42 Å². The molecule has 0 spiro atoms. The standard InChI is InChI=1S/C10H14O/c1-6-7(2)11-8(3)10(6)9-4-5-9/h9H,4-5H2,1-3H3. The van der Waals surface area contributed by atoms with Gasteiger partial charge in [-0.1, -0.05) is 0 Å². The molecule has 0 atom stereocenters. The molecule has 60 valence electrons. The second-order valence-electron chi connectivity index (χ2n) is 3.53. The fourth-order valence-corrected chi connectivity index (χ4v) is 1.78. The van der Waals surface area contributed by atoms with E-state index in [1.165, 1.54) is 24.0 Å². The molecule has 0 N–H and O–H groups in total. The van der Waals surface area contributed by atoms with Crippen LogP contribution in [0.4, 0.5) is 0 Å². The first-order valence-electron chi connectivity index (χ1n) is 4.26. The lowest BCUT2D eigenvalue weighted by atomic mass is 10.1. The van der Waals surface area contributed by atoms with E-state index < -0.39 is 0 Å². The number of hydrogen-bond acceptors (Lipinski definition) is 1. The summed E-state index contributed by atoms with van der Waals surface area (Å²) in [6.07, 6.45) is 2.72. The molecule has 1 aliphatic carbocycles. The number of rotatable bonds is 1.